The van der Waals surface area contributed by atoms with Gasteiger partial charge < -0.3 is 20.1 Å². The van der Waals surface area contributed by atoms with Gasteiger partial charge in [0, 0.05) is 13.7 Å². The summed E-state index contributed by atoms with van der Waals surface area (Å²) < 4.78 is 10.7. The van der Waals surface area contributed by atoms with E-state index in [0.717, 1.165) is 0 Å². The molecule has 2 aromatic rings. The van der Waals surface area contributed by atoms with E-state index in [2.05, 4.69) is 10.6 Å². The first-order chi connectivity index (χ1) is 12.7. The molecule has 6 nitrogen and oxygen atoms in total. The number of hydrogen-bond donors (Lipinski definition) is 2. The number of carbonyl (C=O) groups is 2. The van der Waals surface area contributed by atoms with Crippen LogP contribution in [0.25, 0.3) is 0 Å². The molecule has 0 saturated heterocycles. The minimum atomic E-state index is -0.651. The summed E-state index contributed by atoms with van der Waals surface area (Å²) in [6.45, 7) is 2.69. The molecule has 0 unspecified atom stereocenters. The fourth-order valence-electron chi connectivity index (χ4n) is 2.35. The smallest absolute Gasteiger partial charge is 0.265 e. The number of nitrogens with one attached hydrogen (secondary N) is 2. The van der Waals surface area contributed by atoms with Crippen LogP contribution in [0.4, 0.5) is 5.69 Å². The Labute approximate surface area is 153 Å². The Morgan fingerprint density at radius 1 is 1.04 bits per heavy atom. The predicted molar refractivity (Wildman–Crippen MR) is 100 cm³/mol. The summed E-state index contributed by atoms with van der Waals surface area (Å²) in [5.74, 6) is 0.0589. The van der Waals surface area contributed by atoms with Gasteiger partial charge in [0.05, 0.1) is 17.9 Å². The van der Waals surface area contributed by atoms with E-state index in [9.17, 15) is 9.59 Å². The first-order valence-corrected chi connectivity index (χ1v) is 8.54. The van der Waals surface area contributed by atoms with Gasteiger partial charge in [-0.25, -0.2) is 0 Å². The summed E-state index contributed by atoms with van der Waals surface area (Å²) in [6, 6.07) is 16.0. The maximum Gasteiger partial charge on any atom is 0.265 e. The molecule has 2 rings (SSSR count). The monoisotopic (exact) mass is 356 g/mol. The molecule has 0 bridgehead atoms. The van der Waals surface area contributed by atoms with E-state index in [0.29, 0.717) is 36.6 Å². The van der Waals surface area contributed by atoms with E-state index in [4.69, 9.17) is 9.47 Å². The highest BCUT2D eigenvalue weighted by Gasteiger charge is 2.20. The Hall–Kier alpha value is -2.86. The van der Waals surface area contributed by atoms with E-state index >= 15 is 0 Å². The summed E-state index contributed by atoms with van der Waals surface area (Å²) in [5.41, 5.74) is 0.842. The summed E-state index contributed by atoms with van der Waals surface area (Å²) >= 11 is 0. The zero-order valence-electron chi connectivity index (χ0n) is 15.0. The van der Waals surface area contributed by atoms with E-state index < -0.39 is 6.10 Å². The van der Waals surface area contributed by atoms with Crippen LogP contribution in [-0.4, -0.2) is 38.2 Å². The molecule has 0 saturated carbocycles. The SMILES string of the molecule is CC[C@H](Oc1ccccc1)C(=O)Nc1ccccc1C(=O)NCCOC. The van der Waals surface area contributed by atoms with Gasteiger partial charge >= 0.3 is 0 Å². The van der Waals surface area contributed by atoms with Gasteiger partial charge in [0.2, 0.25) is 0 Å². The molecule has 0 fully saturated rings. The molecule has 0 aromatic heterocycles. The molecule has 1 atom stereocenters. The molecular formula is C20H24N2O4. The van der Waals surface area contributed by atoms with Crippen LogP contribution in [0, 0.1) is 0 Å². The van der Waals surface area contributed by atoms with Gasteiger partial charge in [-0.3, -0.25) is 9.59 Å². The van der Waals surface area contributed by atoms with Crippen LogP contribution in [0.5, 0.6) is 5.75 Å². The first-order valence-electron chi connectivity index (χ1n) is 8.54. The standard InChI is InChI=1S/C20H24N2O4/c1-3-18(26-15-9-5-4-6-10-15)20(24)22-17-12-8-7-11-16(17)19(23)21-13-14-25-2/h4-12,18H,3,13-14H2,1-2H3,(H,21,23)(H,22,24)/t18-/m0/s1. The largest absolute Gasteiger partial charge is 0.481 e. The lowest BCUT2D eigenvalue weighted by Gasteiger charge is -2.18. The molecule has 2 amide bonds. The third-order valence-corrected chi connectivity index (χ3v) is 3.71. The Morgan fingerprint density at radius 3 is 2.42 bits per heavy atom. The van der Waals surface area contributed by atoms with Gasteiger partial charge in [-0.1, -0.05) is 37.3 Å². The van der Waals surface area contributed by atoms with Gasteiger partial charge in [-0.05, 0) is 30.7 Å². The molecule has 0 aliphatic carbocycles. The van der Waals surface area contributed by atoms with Crippen LogP contribution in [-0.2, 0) is 9.53 Å². The first kappa shape index (κ1) is 19.5. The Bertz CT molecular complexity index is 719. The molecule has 26 heavy (non-hydrogen) atoms. The molecule has 0 aliphatic heterocycles. The zero-order chi connectivity index (χ0) is 18.8. The molecule has 138 valence electrons. The number of carbonyl (C=O) groups excluding carboxylic acids is 2. The number of ether oxygens (including phenoxy) is 2. The number of amides is 2. The summed E-state index contributed by atoms with van der Waals surface area (Å²) in [5, 5.41) is 5.55. The van der Waals surface area contributed by atoms with Crippen molar-refractivity contribution in [2.24, 2.45) is 0 Å². The van der Waals surface area contributed by atoms with Crippen molar-refractivity contribution in [3.63, 3.8) is 0 Å². The number of hydrogen-bond acceptors (Lipinski definition) is 4. The lowest BCUT2D eigenvalue weighted by atomic mass is 10.1. The maximum absolute atomic E-state index is 12.6. The van der Waals surface area contributed by atoms with Crippen molar-refractivity contribution in [3.05, 3.63) is 60.2 Å². The van der Waals surface area contributed by atoms with E-state index in [1.54, 1.807) is 43.5 Å². The minimum Gasteiger partial charge on any atom is -0.481 e. The Balaban J connectivity index is 2.06. The highest BCUT2D eigenvalue weighted by Crippen LogP contribution is 2.18. The van der Waals surface area contributed by atoms with Crippen LogP contribution >= 0.6 is 0 Å². The van der Waals surface area contributed by atoms with E-state index in [-0.39, 0.29) is 11.8 Å². The van der Waals surface area contributed by atoms with E-state index in [1.165, 1.54) is 0 Å². The number of rotatable bonds is 9. The van der Waals surface area contributed by atoms with Gasteiger partial charge in [-0.2, -0.15) is 0 Å². The topological polar surface area (TPSA) is 76.7 Å². The normalized spacial score (nSPS) is 11.5. The molecule has 0 heterocycles. The average Bonchev–Trinajstić information content (AvgIpc) is 2.67. The van der Waals surface area contributed by atoms with Crippen LogP contribution in [0.15, 0.2) is 54.6 Å². The van der Waals surface area contributed by atoms with Crippen molar-refractivity contribution in [1.82, 2.24) is 5.32 Å². The zero-order valence-corrected chi connectivity index (χ0v) is 15.0. The Morgan fingerprint density at radius 2 is 1.73 bits per heavy atom. The van der Waals surface area contributed by atoms with Crippen molar-refractivity contribution in [1.29, 1.82) is 0 Å². The highest BCUT2D eigenvalue weighted by molar-refractivity contribution is 6.04. The molecule has 0 aliphatic rings. The van der Waals surface area contributed by atoms with Crippen molar-refractivity contribution in [2.45, 2.75) is 19.4 Å². The minimum absolute atomic E-state index is 0.269. The molecule has 2 N–H and O–H groups in total. The van der Waals surface area contributed by atoms with Gasteiger partial charge in [-0.15, -0.1) is 0 Å². The van der Waals surface area contributed by atoms with E-state index in [1.807, 2.05) is 25.1 Å². The highest BCUT2D eigenvalue weighted by atomic mass is 16.5. The van der Waals surface area contributed by atoms with Crippen molar-refractivity contribution < 1.29 is 19.1 Å². The van der Waals surface area contributed by atoms with Crippen molar-refractivity contribution in [2.75, 3.05) is 25.6 Å². The second kappa shape index (κ2) is 10.2. The number of benzene rings is 2. The fourth-order valence-corrected chi connectivity index (χ4v) is 2.35. The second-order valence-electron chi connectivity index (χ2n) is 5.61. The summed E-state index contributed by atoms with van der Waals surface area (Å²) in [6.07, 6.45) is -0.148. The van der Waals surface area contributed by atoms with Crippen LogP contribution < -0.4 is 15.4 Å². The second-order valence-corrected chi connectivity index (χ2v) is 5.61. The summed E-state index contributed by atoms with van der Waals surface area (Å²) in [4.78, 5) is 24.9. The maximum atomic E-state index is 12.6. The molecule has 0 radical (unpaired) electrons. The van der Waals surface area contributed by atoms with Gasteiger partial charge in [0.15, 0.2) is 6.10 Å². The van der Waals surface area contributed by atoms with Crippen molar-refractivity contribution in [3.8, 4) is 5.75 Å². The lowest BCUT2D eigenvalue weighted by molar-refractivity contribution is -0.122. The van der Waals surface area contributed by atoms with Crippen molar-refractivity contribution >= 4 is 17.5 Å². The third-order valence-electron chi connectivity index (χ3n) is 3.71. The summed E-state index contributed by atoms with van der Waals surface area (Å²) in [7, 11) is 1.57. The molecular weight excluding hydrogens is 332 g/mol. The Kier molecular flexibility index (Phi) is 7.64. The molecule has 2 aromatic carbocycles. The molecule has 6 heteroatoms. The predicted octanol–water partition coefficient (Wildman–Crippen LogP) is 2.86. The number of anilines is 1. The van der Waals surface area contributed by atoms with Gasteiger partial charge in [0.1, 0.15) is 5.75 Å². The third kappa shape index (κ3) is 5.60. The number of para-hydroxylation sites is 2. The lowest BCUT2D eigenvalue weighted by Crippen LogP contribution is -2.34. The quantitative estimate of drug-likeness (QED) is 0.678. The average molecular weight is 356 g/mol. The van der Waals surface area contributed by atoms with Gasteiger partial charge in [0.25, 0.3) is 11.8 Å². The molecule has 0 spiro atoms. The fraction of sp³-hybridized carbons (Fsp3) is 0.300. The van der Waals surface area contributed by atoms with Crippen LogP contribution in [0.2, 0.25) is 0 Å². The van der Waals surface area contributed by atoms with Crippen LogP contribution in [0.3, 0.4) is 0 Å². The number of methoxy groups -OCH3 is 1. The van der Waals surface area contributed by atoms with Crippen LogP contribution in [0.1, 0.15) is 23.7 Å².